The van der Waals surface area contributed by atoms with E-state index in [0.717, 1.165) is 18.4 Å². The van der Waals surface area contributed by atoms with E-state index in [1.165, 1.54) is 12.1 Å². The number of rotatable bonds is 12. The van der Waals surface area contributed by atoms with Crippen LogP contribution in [0.4, 0.5) is 13.2 Å². The first-order valence-corrected chi connectivity index (χ1v) is 13.1. The van der Waals surface area contributed by atoms with Crippen LogP contribution in [0.1, 0.15) is 27.4 Å². The molecular formula is C32H29F3N2O5. The highest BCUT2D eigenvalue weighted by Gasteiger charge is 2.37. The molecule has 1 N–H and O–H groups in total. The summed E-state index contributed by atoms with van der Waals surface area (Å²) in [6.07, 6.45) is -4.08. The van der Waals surface area contributed by atoms with Gasteiger partial charge in [-0.15, -0.1) is 0 Å². The van der Waals surface area contributed by atoms with Crippen molar-refractivity contribution in [3.8, 4) is 17.2 Å². The molecule has 0 saturated carbocycles. The van der Waals surface area contributed by atoms with Gasteiger partial charge in [0.15, 0.2) is 5.78 Å². The maximum atomic E-state index is 13.8. The zero-order valence-electron chi connectivity index (χ0n) is 23.0. The topological polar surface area (TPSA) is 90.7 Å². The molecule has 0 spiro atoms. The van der Waals surface area contributed by atoms with E-state index in [0.29, 0.717) is 42.1 Å². The first-order valence-electron chi connectivity index (χ1n) is 13.1. The molecular weight excluding hydrogens is 549 g/mol. The molecule has 4 rings (SSSR count). The molecule has 1 atom stereocenters. The van der Waals surface area contributed by atoms with Crippen LogP contribution in [0.3, 0.4) is 0 Å². The van der Waals surface area contributed by atoms with E-state index >= 15 is 0 Å². The number of aromatic nitrogens is 1. The third kappa shape index (κ3) is 8.09. The molecule has 3 aromatic carbocycles. The largest absolute Gasteiger partial charge is 0.493 e. The number of aryl methyl sites for hydroxylation is 1. The fourth-order valence-electron chi connectivity index (χ4n) is 4.13. The number of carbonyl (C=O) groups excluding carboxylic acids is 2. The lowest BCUT2D eigenvalue weighted by Gasteiger charge is -2.21. The van der Waals surface area contributed by atoms with Crippen molar-refractivity contribution < 1.29 is 36.7 Å². The van der Waals surface area contributed by atoms with Crippen LogP contribution in [0, 0.1) is 6.92 Å². The van der Waals surface area contributed by atoms with Crippen molar-refractivity contribution in [3.63, 3.8) is 0 Å². The number of alkyl halides is 3. The number of benzene rings is 3. The van der Waals surface area contributed by atoms with Gasteiger partial charge in [-0.05, 0) is 36.8 Å². The van der Waals surface area contributed by atoms with E-state index in [9.17, 15) is 22.8 Å². The number of allylic oxidation sites excluding steroid dienone is 2. The molecule has 218 valence electrons. The summed E-state index contributed by atoms with van der Waals surface area (Å²) in [5, 5.41) is 2.17. The van der Waals surface area contributed by atoms with Crippen molar-refractivity contribution in [1.82, 2.24) is 10.3 Å². The Morgan fingerprint density at radius 3 is 2.24 bits per heavy atom. The summed E-state index contributed by atoms with van der Waals surface area (Å²) < 4.78 is 57.7. The average Bonchev–Trinajstić information content (AvgIpc) is 3.37. The Morgan fingerprint density at radius 1 is 0.976 bits per heavy atom. The maximum absolute atomic E-state index is 13.8. The maximum Gasteiger partial charge on any atom is 0.431 e. The molecule has 10 heteroatoms. The number of hydrogen-bond donors (Lipinski definition) is 1. The second-order valence-corrected chi connectivity index (χ2v) is 9.34. The molecule has 0 unspecified atom stereocenters. The Labute approximate surface area is 241 Å². The molecule has 0 aliphatic carbocycles. The minimum absolute atomic E-state index is 0.0848. The monoisotopic (exact) mass is 578 g/mol. The average molecular weight is 579 g/mol. The summed E-state index contributed by atoms with van der Waals surface area (Å²) in [7, 11) is 1.08. The van der Waals surface area contributed by atoms with Crippen LogP contribution in [0.25, 0.3) is 11.5 Å². The van der Waals surface area contributed by atoms with Crippen LogP contribution in [0.2, 0.25) is 0 Å². The Hall–Kier alpha value is -4.86. The minimum Gasteiger partial charge on any atom is -0.493 e. The number of nitrogens with one attached hydrogen (secondary N) is 1. The van der Waals surface area contributed by atoms with Crippen LogP contribution in [0.15, 0.2) is 101 Å². The molecule has 0 aliphatic rings. The molecule has 0 saturated heterocycles. The predicted octanol–water partition coefficient (Wildman–Crippen LogP) is 6.27. The normalized spacial score (nSPS) is 12.5. The zero-order valence-corrected chi connectivity index (χ0v) is 23.0. The molecule has 42 heavy (non-hydrogen) atoms. The van der Waals surface area contributed by atoms with Crippen molar-refractivity contribution in [3.05, 3.63) is 119 Å². The van der Waals surface area contributed by atoms with Gasteiger partial charge in [0.2, 0.25) is 5.89 Å². The molecule has 4 aromatic rings. The van der Waals surface area contributed by atoms with Gasteiger partial charge in [0.25, 0.3) is 0 Å². The number of hydrogen-bond acceptors (Lipinski definition) is 7. The number of esters is 1. The molecule has 0 bridgehead atoms. The fourth-order valence-corrected chi connectivity index (χ4v) is 4.13. The van der Waals surface area contributed by atoms with Gasteiger partial charge in [-0.1, -0.05) is 60.7 Å². The quantitative estimate of drug-likeness (QED) is 0.120. The van der Waals surface area contributed by atoms with Gasteiger partial charge in [0.05, 0.1) is 19.4 Å². The van der Waals surface area contributed by atoms with E-state index in [1.54, 1.807) is 42.5 Å². The minimum atomic E-state index is -4.90. The van der Waals surface area contributed by atoms with Crippen molar-refractivity contribution in [1.29, 1.82) is 0 Å². The van der Waals surface area contributed by atoms with Crippen LogP contribution in [-0.4, -0.2) is 42.7 Å². The molecule has 1 heterocycles. The number of methoxy groups -OCH3 is 1. The number of halogens is 3. The second-order valence-electron chi connectivity index (χ2n) is 9.34. The highest BCUT2D eigenvalue weighted by molar-refractivity contribution is 6.05. The van der Waals surface area contributed by atoms with Crippen molar-refractivity contribution in [2.45, 2.75) is 32.0 Å². The first-order chi connectivity index (χ1) is 20.1. The van der Waals surface area contributed by atoms with Gasteiger partial charge in [-0.2, -0.15) is 13.2 Å². The molecule has 0 amide bonds. The highest BCUT2D eigenvalue weighted by Crippen LogP contribution is 2.26. The lowest BCUT2D eigenvalue weighted by atomic mass is 10.0. The Kier molecular flexibility index (Phi) is 9.80. The summed E-state index contributed by atoms with van der Waals surface area (Å²) in [5.41, 5.74) is 0.952. The van der Waals surface area contributed by atoms with Crippen LogP contribution < -0.4 is 10.1 Å². The lowest BCUT2D eigenvalue weighted by molar-refractivity contribution is -0.143. The number of ether oxygens (including phenoxy) is 2. The van der Waals surface area contributed by atoms with Crippen molar-refractivity contribution in [2.24, 2.45) is 0 Å². The van der Waals surface area contributed by atoms with Gasteiger partial charge in [0, 0.05) is 30.0 Å². The summed E-state index contributed by atoms with van der Waals surface area (Å²) >= 11 is 0. The fraction of sp³-hybridized carbons (Fsp3) is 0.219. The van der Waals surface area contributed by atoms with E-state index in [4.69, 9.17) is 13.9 Å². The smallest absolute Gasteiger partial charge is 0.431 e. The van der Waals surface area contributed by atoms with Crippen LogP contribution in [0.5, 0.6) is 5.75 Å². The zero-order chi connectivity index (χ0) is 30.1. The Bertz CT molecular complexity index is 1520. The van der Waals surface area contributed by atoms with Crippen molar-refractivity contribution >= 4 is 11.8 Å². The van der Waals surface area contributed by atoms with E-state index in [-0.39, 0.29) is 12.0 Å². The molecule has 0 radical (unpaired) electrons. The molecule has 7 nitrogen and oxygen atoms in total. The van der Waals surface area contributed by atoms with Crippen LogP contribution >= 0.6 is 0 Å². The number of nitrogens with zero attached hydrogens (tertiary/aromatic N) is 1. The van der Waals surface area contributed by atoms with E-state index in [1.807, 2.05) is 37.3 Å². The Balaban J connectivity index is 1.39. The number of oxazole rings is 1. The highest BCUT2D eigenvalue weighted by atomic mass is 19.4. The third-order valence-electron chi connectivity index (χ3n) is 6.34. The van der Waals surface area contributed by atoms with Crippen molar-refractivity contribution in [2.75, 3.05) is 13.7 Å². The van der Waals surface area contributed by atoms with Gasteiger partial charge < -0.3 is 19.2 Å². The van der Waals surface area contributed by atoms with Gasteiger partial charge in [-0.25, -0.2) is 9.78 Å². The molecule has 0 fully saturated rings. The summed E-state index contributed by atoms with van der Waals surface area (Å²) in [6.45, 7) is 2.16. The summed E-state index contributed by atoms with van der Waals surface area (Å²) in [5.74, 6) is 0.0179. The molecule has 1 aromatic heterocycles. The van der Waals surface area contributed by atoms with Gasteiger partial charge in [-0.3, -0.25) is 4.79 Å². The van der Waals surface area contributed by atoms with Crippen LogP contribution in [-0.2, 0) is 22.4 Å². The standard InChI is InChI=1S/C32H29F3N2O5/c1-21-26(37-30(42-21)24-11-7-4-8-12-24)17-18-41-25-15-13-22(14-16-25)19-27(31(39)40-2)36-29(32(33,34)35)20-28(38)23-9-5-3-6-10-23/h3-16,20,27,36H,17-19H2,1-2H3/b29-20-/t27-/m0/s1. The third-order valence-corrected chi connectivity index (χ3v) is 6.34. The van der Waals surface area contributed by atoms with Gasteiger partial charge in [0.1, 0.15) is 23.2 Å². The Morgan fingerprint density at radius 2 is 1.62 bits per heavy atom. The van der Waals surface area contributed by atoms with E-state index in [2.05, 4.69) is 10.3 Å². The summed E-state index contributed by atoms with van der Waals surface area (Å²) in [4.78, 5) is 29.4. The SMILES string of the molecule is COC(=O)[C@H](Cc1ccc(OCCc2nc(-c3ccccc3)oc2C)cc1)N/C(=C\C(=O)c1ccccc1)C(F)(F)F. The number of carbonyl (C=O) groups is 2. The molecule has 0 aliphatic heterocycles. The summed E-state index contributed by atoms with van der Waals surface area (Å²) in [6, 6.07) is 22.3. The first kappa shape index (κ1) is 30.1. The number of ketones is 1. The lowest BCUT2D eigenvalue weighted by Crippen LogP contribution is -2.42. The van der Waals surface area contributed by atoms with Gasteiger partial charge >= 0.3 is 12.1 Å². The van der Waals surface area contributed by atoms with E-state index < -0.39 is 29.7 Å². The predicted molar refractivity (Wildman–Crippen MR) is 150 cm³/mol. The second kappa shape index (κ2) is 13.7.